The number of carbonyl (C=O) groups is 1. The van der Waals surface area contributed by atoms with E-state index < -0.39 is 0 Å². The SMILES string of the molecule is CCCCCC=CC(=O)OCCCCCCCCCCCCCCCC. The zero-order chi connectivity index (χ0) is 19.1. The summed E-state index contributed by atoms with van der Waals surface area (Å²) in [5.74, 6) is -0.170. The van der Waals surface area contributed by atoms with Crippen molar-refractivity contribution >= 4 is 5.97 Å². The Bertz CT molecular complexity index is 309. The summed E-state index contributed by atoms with van der Waals surface area (Å²) in [7, 11) is 0. The summed E-state index contributed by atoms with van der Waals surface area (Å²) in [6, 6.07) is 0. The van der Waals surface area contributed by atoms with Crippen molar-refractivity contribution in [1.82, 2.24) is 0 Å². The van der Waals surface area contributed by atoms with Crippen molar-refractivity contribution in [3.05, 3.63) is 12.2 Å². The van der Waals surface area contributed by atoms with Gasteiger partial charge in [0.15, 0.2) is 0 Å². The van der Waals surface area contributed by atoms with Gasteiger partial charge in [-0.3, -0.25) is 0 Å². The average Bonchev–Trinajstić information content (AvgIpc) is 2.64. The minimum atomic E-state index is -0.170. The van der Waals surface area contributed by atoms with Crippen LogP contribution in [0, 0.1) is 0 Å². The van der Waals surface area contributed by atoms with Gasteiger partial charge < -0.3 is 4.74 Å². The van der Waals surface area contributed by atoms with Crippen molar-refractivity contribution in [2.75, 3.05) is 6.61 Å². The molecule has 0 aliphatic rings. The third-order valence-corrected chi connectivity index (χ3v) is 4.97. The molecule has 0 rings (SSSR count). The number of allylic oxidation sites excluding steroid dienone is 1. The second-order valence-corrected chi connectivity index (χ2v) is 7.66. The summed E-state index contributed by atoms with van der Waals surface area (Å²) in [6.45, 7) is 5.05. The van der Waals surface area contributed by atoms with Gasteiger partial charge in [0, 0.05) is 6.08 Å². The molecule has 0 saturated heterocycles. The summed E-state index contributed by atoms with van der Waals surface area (Å²) < 4.78 is 5.23. The Balaban J connectivity index is 3.16. The molecule has 0 bridgehead atoms. The van der Waals surface area contributed by atoms with E-state index in [0.29, 0.717) is 6.61 Å². The summed E-state index contributed by atoms with van der Waals surface area (Å²) in [5.41, 5.74) is 0. The van der Waals surface area contributed by atoms with Gasteiger partial charge in [-0.05, 0) is 19.3 Å². The van der Waals surface area contributed by atoms with E-state index in [4.69, 9.17) is 4.74 Å². The molecule has 0 N–H and O–H groups in total. The highest BCUT2D eigenvalue weighted by molar-refractivity contribution is 5.81. The number of ether oxygens (including phenoxy) is 1. The molecule has 0 radical (unpaired) electrons. The van der Waals surface area contributed by atoms with E-state index in [2.05, 4.69) is 13.8 Å². The fourth-order valence-corrected chi connectivity index (χ4v) is 3.21. The first-order chi connectivity index (χ1) is 12.8. The summed E-state index contributed by atoms with van der Waals surface area (Å²) in [5, 5.41) is 0. The Morgan fingerprint density at radius 3 is 1.54 bits per heavy atom. The lowest BCUT2D eigenvalue weighted by Gasteiger charge is -2.04. The first-order valence-electron chi connectivity index (χ1n) is 11.6. The third-order valence-electron chi connectivity index (χ3n) is 4.97. The zero-order valence-electron chi connectivity index (χ0n) is 17.9. The summed E-state index contributed by atoms with van der Waals surface area (Å²) in [4.78, 5) is 11.5. The molecule has 0 aromatic heterocycles. The van der Waals surface area contributed by atoms with Crippen LogP contribution in [0.4, 0.5) is 0 Å². The van der Waals surface area contributed by atoms with Gasteiger partial charge in [-0.15, -0.1) is 0 Å². The standard InChI is InChI=1S/C24H46O2/c1-3-5-7-9-10-11-12-13-14-15-16-17-19-21-23-26-24(25)22-20-18-8-6-4-2/h20,22H,3-19,21,23H2,1-2H3. The minimum absolute atomic E-state index is 0.170. The molecule has 0 atom stereocenters. The largest absolute Gasteiger partial charge is 0.463 e. The van der Waals surface area contributed by atoms with Gasteiger partial charge in [0.25, 0.3) is 0 Å². The highest BCUT2D eigenvalue weighted by atomic mass is 16.5. The highest BCUT2D eigenvalue weighted by Crippen LogP contribution is 2.13. The zero-order valence-corrected chi connectivity index (χ0v) is 17.9. The van der Waals surface area contributed by atoms with Crippen molar-refractivity contribution in [3.8, 4) is 0 Å². The molecule has 0 saturated carbocycles. The van der Waals surface area contributed by atoms with E-state index in [0.717, 1.165) is 12.8 Å². The lowest BCUT2D eigenvalue weighted by Crippen LogP contribution is -2.02. The van der Waals surface area contributed by atoms with Gasteiger partial charge in [0.05, 0.1) is 6.61 Å². The van der Waals surface area contributed by atoms with E-state index in [1.165, 1.54) is 103 Å². The molecule has 0 aromatic rings. The van der Waals surface area contributed by atoms with Gasteiger partial charge >= 0.3 is 5.97 Å². The second-order valence-electron chi connectivity index (χ2n) is 7.66. The quantitative estimate of drug-likeness (QED) is 0.123. The molecule has 0 spiro atoms. The van der Waals surface area contributed by atoms with E-state index in [1.807, 2.05) is 6.08 Å². The van der Waals surface area contributed by atoms with Crippen LogP contribution in [0.3, 0.4) is 0 Å². The average molecular weight is 367 g/mol. The van der Waals surface area contributed by atoms with Gasteiger partial charge in [-0.2, -0.15) is 0 Å². The summed E-state index contributed by atoms with van der Waals surface area (Å²) >= 11 is 0. The first-order valence-corrected chi connectivity index (χ1v) is 11.6. The van der Waals surface area contributed by atoms with Gasteiger partial charge in [0.2, 0.25) is 0 Å². The predicted molar refractivity (Wildman–Crippen MR) is 115 cm³/mol. The van der Waals surface area contributed by atoms with Crippen molar-refractivity contribution in [2.24, 2.45) is 0 Å². The maximum absolute atomic E-state index is 11.5. The van der Waals surface area contributed by atoms with Crippen molar-refractivity contribution in [3.63, 3.8) is 0 Å². The van der Waals surface area contributed by atoms with Crippen molar-refractivity contribution in [1.29, 1.82) is 0 Å². The molecule has 2 nitrogen and oxygen atoms in total. The Kier molecular flexibility index (Phi) is 21.6. The normalized spacial score (nSPS) is 11.3. The Morgan fingerprint density at radius 1 is 0.615 bits per heavy atom. The maximum Gasteiger partial charge on any atom is 0.330 e. The van der Waals surface area contributed by atoms with Crippen LogP contribution in [0.15, 0.2) is 12.2 Å². The van der Waals surface area contributed by atoms with Crippen LogP contribution < -0.4 is 0 Å². The molecular weight excluding hydrogens is 320 g/mol. The summed E-state index contributed by atoms with van der Waals surface area (Å²) in [6.07, 6.45) is 27.1. The Hall–Kier alpha value is -0.790. The molecule has 154 valence electrons. The Labute approximate surface area is 164 Å². The van der Waals surface area contributed by atoms with Crippen LogP contribution >= 0.6 is 0 Å². The molecule has 0 fully saturated rings. The van der Waals surface area contributed by atoms with Crippen LogP contribution in [0.2, 0.25) is 0 Å². The van der Waals surface area contributed by atoms with Gasteiger partial charge in [0.1, 0.15) is 0 Å². The smallest absolute Gasteiger partial charge is 0.330 e. The van der Waals surface area contributed by atoms with Gasteiger partial charge in [-0.25, -0.2) is 4.79 Å². The number of hydrogen-bond acceptors (Lipinski definition) is 2. The number of hydrogen-bond donors (Lipinski definition) is 0. The van der Waals surface area contributed by atoms with Crippen molar-refractivity contribution < 1.29 is 9.53 Å². The number of unbranched alkanes of at least 4 members (excludes halogenated alkanes) is 16. The molecule has 0 aliphatic carbocycles. The van der Waals surface area contributed by atoms with Crippen LogP contribution in [0.1, 0.15) is 129 Å². The molecule has 0 unspecified atom stereocenters. The van der Waals surface area contributed by atoms with E-state index in [9.17, 15) is 4.79 Å². The van der Waals surface area contributed by atoms with Crippen molar-refractivity contribution in [2.45, 2.75) is 129 Å². The van der Waals surface area contributed by atoms with E-state index >= 15 is 0 Å². The molecule has 0 aromatic carbocycles. The number of carbonyl (C=O) groups excluding carboxylic acids is 1. The Morgan fingerprint density at radius 2 is 1.04 bits per heavy atom. The molecule has 0 amide bonds. The molecule has 2 heteroatoms. The first kappa shape index (κ1) is 25.2. The van der Waals surface area contributed by atoms with Crippen LogP contribution in [0.25, 0.3) is 0 Å². The van der Waals surface area contributed by atoms with E-state index in [1.54, 1.807) is 6.08 Å². The van der Waals surface area contributed by atoms with E-state index in [-0.39, 0.29) is 5.97 Å². The lowest BCUT2D eigenvalue weighted by molar-refractivity contribution is -0.137. The topological polar surface area (TPSA) is 26.3 Å². The number of esters is 1. The molecule has 0 aliphatic heterocycles. The monoisotopic (exact) mass is 366 g/mol. The fourth-order valence-electron chi connectivity index (χ4n) is 3.21. The third kappa shape index (κ3) is 21.3. The van der Waals surface area contributed by atoms with Gasteiger partial charge in [-0.1, -0.05) is 116 Å². The maximum atomic E-state index is 11.5. The highest BCUT2D eigenvalue weighted by Gasteiger charge is 1.97. The molecule has 0 heterocycles. The van der Waals surface area contributed by atoms with Crippen LogP contribution in [-0.4, -0.2) is 12.6 Å². The van der Waals surface area contributed by atoms with Crippen LogP contribution in [-0.2, 0) is 9.53 Å². The lowest BCUT2D eigenvalue weighted by atomic mass is 10.0. The number of rotatable bonds is 20. The minimum Gasteiger partial charge on any atom is -0.463 e. The predicted octanol–water partition coefficient (Wildman–Crippen LogP) is 8.15. The second kappa shape index (κ2) is 22.3. The molecule has 26 heavy (non-hydrogen) atoms. The van der Waals surface area contributed by atoms with Crippen LogP contribution in [0.5, 0.6) is 0 Å². The molecular formula is C24H46O2. The fraction of sp³-hybridized carbons (Fsp3) is 0.875.